The normalized spacial score (nSPS) is 11.8. The fraction of sp³-hybridized carbons (Fsp3) is 0. The summed E-state index contributed by atoms with van der Waals surface area (Å²) in [6, 6.07) is 79.2. The van der Waals surface area contributed by atoms with Crippen LogP contribution < -0.4 is 20.7 Å². The SMILES string of the molecule is c1ccc(-c2ccc3oc4cc(-c5nc(-c6ccc([Si](c7ccccc7)(c7ccccc7)c7ccccc7)cc6)nc(-c6ccc7c(c6)oc6ccccc67)n5)ccc4c3c2)cc1. The Morgan fingerprint density at radius 3 is 1.21 bits per heavy atom. The monoisotopic (exact) mass is 823 g/mol. The fourth-order valence-corrected chi connectivity index (χ4v) is 14.0. The van der Waals surface area contributed by atoms with Gasteiger partial charge in [-0.05, 0) is 74.3 Å². The van der Waals surface area contributed by atoms with Crippen LogP contribution in [0.1, 0.15) is 0 Å². The van der Waals surface area contributed by atoms with E-state index in [-0.39, 0.29) is 0 Å². The van der Waals surface area contributed by atoms with Gasteiger partial charge in [-0.15, -0.1) is 0 Å². The van der Waals surface area contributed by atoms with Gasteiger partial charge in [-0.3, -0.25) is 0 Å². The molecule has 0 radical (unpaired) electrons. The number of furan rings is 2. The average Bonchev–Trinajstić information content (AvgIpc) is 3.93. The highest BCUT2D eigenvalue weighted by molar-refractivity contribution is 7.19. The predicted octanol–water partition coefficient (Wildman–Crippen LogP) is 11.7. The first-order valence-electron chi connectivity index (χ1n) is 21.2. The van der Waals surface area contributed by atoms with Crippen LogP contribution in [0.25, 0.3) is 89.2 Å². The Morgan fingerprint density at radius 1 is 0.254 bits per heavy atom. The molecule has 296 valence electrons. The molecule has 0 fully saturated rings. The molecular weight excluding hydrogens is 787 g/mol. The van der Waals surface area contributed by atoms with Crippen molar-refractivity contribution in [1.29, 1.82) is 0 Å². The minimum Gasteiger partial charge on any atom is -0.456 e. The largest absolute Gasteiger partial charge is 0.456 e. The quantitative estimate of drug-likeness (QED) is 0.113. The number of aromatic nitrogens is 3. The van der Waals surface area contributed by atoms with E-state index in [1.165, 1.54) is 20.7 Å². The number of rotatable bonds is 8. The van der Waals surface area contributed by atoms with Crippen LogP contribution in [0.15, 0.2) is 233 Å². The summed E-state index contributed by atoms with van der Waals surface area (Å²) < 4.78 is 12.8. The summed E-state index contributed by atoms with van der Waals surface area (Å²) in [4.78, 5) is 15.5. The summed E-state index contributed by atoms with van der Waals surface area (Å²) in [5, 5.41) is 9.45. The molecule has 12 aromatic rings. The van der Waals surface area contributed by atoms with E-state index in [4.69, 9.17) is 23.8 Å². The Bertz CT molecular complexity index is 3510. The molecule has 0 atom stereocenters. The summed E-state index contributed by atoms with van der Waals surface area (Å²) in [6.07, 6.45) is 0. The van der Waals surface area contributed by atoms with Crippen LogP contribution in [0.2, 0.25) is 0 Å². The summed E-state index contributed by atoms with van der Waals surface area (Å²) in [5.41, 5.74) is 8.10. The molecule has 9 aromatic carbocycles. The second kappa shape index (κ2) is 15.1. The zero-order chi connectivity index (χ0) is 41.7. The van der Waals surface area contributed by atoms with Crippen molar-refractivity contribution < 1.29 is 8.83 Å². The summed E-state index contributed by atoms with van der Waals surface area (Å²) in [5.74, 6) is 1.69. The number of fused-ring (bicyclic) bond motifs is 6. The maximum Gasteiger partial charge on any atom is 0.179 e. The molecular formula is C57H37N3O2Si. The standard InChI is InChI=1S/C57H37N3O2Si/c1-5-15-38(16-6-1)40-29-34-52-50(35-40)49-33-28-42(37-54(49)62-52)57-59-55(58-56(60-57)41-27-32-48-47-23-13-14-24-51(47)61-53(48)36-41)39-25-30-46(31-26-39)63(43-17-7-2-8-18-43,44-19-9-3-10-20-44)45-21-11-4-12-22-45/h1-37H. The first kappa shape index (κ1) is 36.6. The molecule has 5 nitrogen and oxygen atoms in total. The van der Waals surface area contributed by atoms with E-state index in [0.717, 1.165) is 71.7 Å². The Balaban J connectivity index is 1.02. The van der Waals surface area contributed by atoms with Crippen molar-refractivity contribution in [3.8, 4) is 45.3 Å². The van der Waals surface area contributed by atoms with Crippen molar-refractivity contribution in [2.24, 2.45) is 0 Å². The van der Waals surface area contributed by atoms with Crippen molar-refractivity contribution in [2.45, 2.75) is 0 Å². The second-order valence-corrected chi connectivity index (χ2v) is 19.7. The van der Waals surface area contributed by atoms with E-state index in [1.807, 2.05) is 36.4 Å². The third kappa shape index (κ3) is 6.27. The predicted molar refractivity (Wildman–Crippen MR) is 260 cm³/mol. The molecule has 0 spiro atoms. The number of hydrogen-bond acceptors (Lipinski definition) is 5. The molecule has 3 aromatic heterocycles. The summed E-state index contributed by atoms with van der Waals surface area (Å²) in [7, 11) is -2.73. The molecule has 0 saturated heterocycles. The van der Waals surface area contributed by atoms with Crippen LogP contribution >= 0.6 is 0 Å². The molecule has 0 amide bonds. The van der Waals surface area contributed by atoms with Gasteiger partial charge in [0.05, 0.1) is 0 Å². The van der Waals surface area contributed by atoms with Crippen molar-refractivity contribution in [3.05, 3.63) is 224 Å². The Labute approximate surface area is 364 Å². The summed E-state index contributed by atoms with van der Waals surface area (Å²) in [6.45, 7) is 0. The van der Waals surface area contributed by atoms with Crippen LogP contribution in [0.4, 0.5) is 0 Å². The minimum atomic E-state index is -2.73. The van der Waals surface area contributed by atoms with Crippen molar-refractivity contribution in [3.63, 3.8) is 0 Å². The molecule has 0 aliphatic carbocycles. The highest BCUT2D eigenvalue weighted by Crippen LogP contribution is 2.36. The molecule has 0 aliphatic rings. The Kier molecular flexibility index (Phi) is 8.76. The van der Waals surface area contributed by atoms with E-state index < -0.39 is 8.07 Å². The zero-order valence-electron chi connectivity index (χ0n) is 34.0. The van der Waals surface area contributed by atoms with Gasteiger partial charge in [0.25, 0.3) is 0 Å². The third-order valence-corrected chi connectivity index (χ3v) is 17.1. The van der Waals surface area contributed by atoms with E-state index in [2.05, 4.69) is 188 Å². The van der Waals surface area contributed by atoms with Crippen LogP contribution in [0.5, 0.6) is 0 Å². The van der Waals surface area contributed by atoms with E-state index in [0.29, 0.717) is 17.5 Å². The van der Waals surface area contributed by atoms with E-state index >= 15 is 0 Å². The smallest absolute Gasteiger partial charge is 0.179 e. The molecule has 3 heterocycles. The zero-order valence-corrected chi connectivity index (χ0v) is 35.0. The highest BCUT2D eigenvalue weighted by Gasteiger charge is 2.41. The topological polar surface area (TPSA) is 65.0 Å². The maximum atomic E-state index is 6.49. The minimum absolute atomic E-state index is 0.553. The number of nitrogens with zero attached hydrogens (tertiary/aromatic N) is 3. The lowest BCUT2D eigenvalue weighted by atomic mass is 10.0. The van der Waals surface area contributed by atoms with Crippen molar-refractivity contribution >= 4 is 72.7 Å². The van der Waals surface area contributed by atoms with Crippen LogP contribution in [-0.2, 0) is 0 Å². The molecule has 0 unspecified atom stereocenters. The van der Waals surface area contributed by atoms with Gasteiger partial charge in [0, 0.05) is 38.2 Å². The molecule has 0 saturated carbocycles. The van der Waals surface area contributed by atoms with Gasteiger partial charge < -0.3 is 8.83 Å². The Hall–Kier alpha value is -8.19. The average molecular weight is 824 g/mol. The van der Waals surface area contributed by atoms with E-state index in [9.17, 15) is 0 Å². The highest BCUT2D eigenvalue weighted by atomic mass is 28.3. The molecule has 12 rings (SSSR count). The Morgan fingerprint density at radius 2 is 0.651 bits per heavy atom. The lowest BCUT2D eigenvalue weighted by molar-refractivity contribution is 0.668. The number of para-hydroxylation sites is 1. The van der Waals surface area contributed by atoms with Gasteiger partial charge in [0.2, 0.25) is 0 Å². The molecule has 6 heteroatoms. The van der Waals surface area contributed by atoms with Gasteiger partial charge in [-0.2, -0.15) is 0 Å². The van der Waals surface area contributed by atoms with E-state index in [1.54, 1.807) is 0 Å². The van der Waals surface area contributed by atoms with Crippen molar-refractivity contribution in [2.75, 3.05) is 0 Å². The summed E-state index contributed by atoms with van der Waals surface area (Å²) >= 11 is 0. The first-order chi connectivity index (χ1) is 31.2. The second-order valence-electron chi connectivity index (χ2n) is 15.9. The van der Waals surface area contributed by atoms with Crippen LogP contribution in [0.3, 0.4) is 0 Å². The van der Waals surface area contributed by atoms with Gasteiger partial charge in [0.1, 0.15) is 22.3 Å². The first-order valence-corrected chi connectivity index (χ1v) is 23.2. The van der Waals surface area contributed by atoms with Gasteiger partial charge in [-0.1, -0.05) is 182 Å². The lowest BCUT2D eigenvalue weighted by Crippen LogP contribution is -2.74. The third-order valence-electron chi connectivity index (χ3n) is 12.3. The maximum absolute atomic E-state index is 6.49. The fourth-order valence-electron chi connectivity index (χ4n) is 9.29. The van der Waals surface area contributed by atoms with Crippen LogP contribution in [-0.4, -0.2) is 23.0 Å². The van der Waals surface area contributed by atoms with Crippen molar-refractivity contribution in [1.82, 2.24) is 15.0 Å². The lowest BCUT2D eigenvalue weighted by Gasteiger charge is -2.34. The molecule has 0 aliphatic heterocycles. The van der Waals surface area contributed by atoms with Crippen LogP contribution in [0, 0.1) is 0 Å². The molecule has 0 bridgehead atoms. The van der Waals surface area contributed by atoms with Gasteiger partial charge in [-0.25, -0.2) is 15.0 Å². The van der Waals surface area contributed by atoms with Gasteiger partial charge in [0.15, 0.2) is 25.5 Å². The molecule has 0 N–H and O–H groups in total. The molecule has 63 heavy (non-hydrogen) atoms. The number of benzene rings is 9. The van der Waals surface area contributed by atoms with Gasteiger partial charge >= 0.3 is 0 Å². The number of hydrogen-bond donors (Lipinski definition) is 0.